The van der Waals surface area contributed by atoms with Crippen LogP contribution in [0.4, 0.5) is 42.4 Å². The number of likely N-dealkylation sites (N-methyl/N-ethyl adjacent to an activating group) is 1. The predicted octanol–water partition coefficient (Wildman–Crippen LogP) is 1.72. The first-order valence-electron chi connectivity index (χ1n) is 18.3. The maximum atomic E-state index is 15.6. The van der Waals surface area contributed by atoms with E-state index in [0.29, 0.717) is 82.3 Å². The quantitative estimate of drug-likeness (QED) is 0.183. The summed E-state index contributed by atoms with van der Waals surface area (Å²) >= 11 is 0. The molecule has 3 aromatic rings. The summed E-state index contributed by atoms with van der Waals surface area (Å²) in [5, 5.41) is 16.3. The average molecular weight is 757 g/mol. The normalized spacial score (nSPS) is 20.6. The lowest BCUT2D eigenvalue weighted by Gasteiger charge is -2.37. The molecule has 7 rings (SSSR count). The number of imide groups is 1. The number of aromatic nitrogens is 3. The molecule has 18 heteroatoms. The Kier molecular flexibility index (Phi) is 10.9. The largest absolute Gasteiger partial charge is 0.371 e. The van der Waals surface area contributed by atoms with Gasteiger partial charge in [0.1, 0.15) is 17.7 Å². The third kappa shape index (κ3) is 8.51. The summed E-state index contributed by atoms with van der Waals surface area (Å²) in [5.41, 5.74) is 6.83. The van der Waals surface area contributed by atoms with Crippen LogP contribution in [-0.4, -0.2) is 132 Å². The number of nitrogens with zero attached hydrogens (tertiary/aromatic N) is 8. The van der Waals surface area contributed by atoms with E-state index >= 15 is 4.39 Å². The lowest BCUT2D eigenvalue weighted by molar-refractivity contribution is -0.133. The zero-order chi connectivity index (χ0) is 38.6. The van der Waals surface area contributed by atoms with Crippen molar-refractivity contribution in [2.45, 2.75) is 37.8 Å². The topological polar surface area (TPSA) is 185 Å². The van der Waals surface area contributed by atoms with Crippen LogP contribution >= 0.6 is 0 Å². The van der Waals surface area contributed by atoms with Crippen molar-refractivity contribution in [3.8, 4) is 11.8 Å². The highest BCUT2D eigenvalue weighted by atomic mass is 19.1. The van der Waals surface area contributed by atoms with Crippen LogP contribution in [-0.2, 0) is 9.59 Å². The number of rotatable bonds is 9. The third-order valence-electron chi connectivity index (χ3n) is 10.3. The van der Waals surface area contributed by atoms with Crippen LogP contribution < -0.4 is 31.5 Å². The van der Waals surface area contributed by atoms with E-state index in [9.17, 15) is 23.6 Å². The van der Waals surface area contributed by atoms with Gasteiger partial charge in [0, 0.05) is 77.1 Å². The van der Waals surface area contributed by atoms with Crippen molar-refractivity contribution in [2.75, 3.05) is 86.4 Å². The fraction of sp³-hybridized carbons (Fsp3) is 0.432. The van der Waals surface area contributed by atoms with Gasteiger partial charge in [-0.1, -0.05) is 11.8 Å². The maximum absolute atomic E-state index is 15.6. The number of nitrogens with one attached hydrogen (secondary N) is 3. The second-order valence-electron chi connectivity index (χ2n) is 14.0. The molecule has 0 aliphatic carbocycles. The van der Waals surface area contributed by atoms with Gasteiger partial charge in [0.2, 0.25) is 17.8 Å². The van der Waals surface area contributed by atoms with E-state index in [0.717, 1.165) is 12.8 Å². The number of benzene rings is 2. The Morgan fingerprint density at radius 2 is 1.78 bits per heavy atom. The molecular weight excluding hydrogens is 714 g/mol. The van der Waals surface area contributed by atoms with Gasteiger partial charge in [-0.05, 0) is 55.7 Å². The molecule has 0 saturated carbocycles. The molecule has 2 atom stereocenters. The minimum Gasteiger partial charge on any atom is -0.371 e. The summed E-state index contributed by atoms with van der Waals surface area (Å²) in [6.07, 6.45) is 2.16. The first-order chi connectivity index (χ1) is 26.5. The van der Waals surface area contributed by atoms with E-state index in [1.807, 2.05) is 14.7 Å². The monoisotopic (exact) mass is 756 g/mol. The number of halogens is 2. The van der Waals surface area contributed by atoms with Crippen molar-refractivity contribution in [1.29, 1.82) is 0 Å². The van der Waals surface area contributed by atoms with Gasteiger partial charge in [-0.25, -0.2) is 13.6 Å². The van der Waals surface area contributed by atoms with E-state index < -0.39 is 29.5 Å². The van der Waals surface area contributed by atoms with Gasteiger partial charge in [-0.3, -0.25) is 24.6 Å². The summed E-state index contributed by atoms with van der Waals surface area (Å²) in [4.78, 5) is 62.4. The van der Waals surface area contributed by atoms with Gasteiger partial charge in [0.25, 0.3) is 5.91 Å². The highest BCUT2D eigenvalue weighted by molar-refractivity contribution is 6.01. The number of primary amides is 1. The summed E-state index contributed by atoms with van der Waals surface area (Å²) in [6.45, 7) is 5.32. The molecule has 5 N–H and O–H groups in total. The Balaban J connectivity index is 0.933. The summed E-state index contributed by atoms with van der Waals surface area (Å²) < 4.78 is 30.3. The fourth-order valence-corrected chi connectivity index (χ4v) is 7.21. The summed E-state index contributed by atoms with van der Waals surface area (Å²) in [5.74, 6) is 3.75. The Bertz CT molecular complexity index is 2050. The summed E-state index contributed by atoms with van der Waals surface area (Å²) in [6, 6.07) is 8.49. The van der Waals surface area contributed by atoms with E-state index in [-0.39, 0.29) is 47.5 Å². The van der Waals surface area contributed by atoms with Gasteiger partial charge in [0.05, 0.1) is 24.0 Å². The van der Waals surface area contributed by atoms with Crippen molar-refractivity contribution in [3.63, 3.8) is 0 Å². The van der Waals surface area contributed by atoms with Crippen molar-refractivity contribution in [3.05, 3.63) is 59.3 Å². The number of amides is 5. The zero-order valence-electron chi connectivity index (χ0n) is 30.4. The van der Waals surface area contributed by atoms with E-state index in [4.69, 9.17) is 5.73 Å². The number of urea groups is 1. The average Bonchev–Trinajstić information content (AvgIpc) is 3.51. The van der Waals surface area contributed by atoms with Crippen molar-refractivity contribution < 1.29 is 28.0 Å². The lowest BCUT2D eigenvalue weighted by atomic mass is 10.0. The molecular formula is C37H42F2N12O4. The van der Waals surface area contributed by atoms with Crippen LogP contribution in [0.5, 0.6) is 0 Å². The van der Waals surface area contributed by atoms with Gasteiger partial charge >= 0.3 is 6.03 Å². The van der Waals surface area contributed by atoms with Crippen LogP contribution in [0.3, 0.4) is 0 Å². The number of carbonyl (C=O) groups excluding carboxylic acids is 4. The highest BCUT2D eigenvalue weighted by Crippen LogP contribution is 2.28. The molecule has 5 heterocycles. The molecule has 1 aromatic heterocycles. The number of hydrogen-bond acceptors (Lipinski definition) is 12. The molecule has 0 radical (unpaired) electrons. The maximum Gasteiger partial charge on any atom is 0.320 e. The number of carbonyl (C=O) groups is 4. The van der Waals surface area contributed by atoms with Crippen LogP contribution in [0.1, 0.15) is 41.7 Å². The summed E-state index contributed by atoms with van der Waals surface area (Å²) in [7, 11) is 1.79. The molecule has 4 aliphatic heterocycles. The Morgan fingerprint density at radius 3 is 2.49 bits per heavy atom. The Morgan fingerprint density at radius 1 is 0.964 bits per heavy atom. The second kappa shape index (κ2) is 16.1. The highest BCUT2D eigenvalue weighted by Gasteiger charge is 2.35. The number of piperazine rings is 1. The molecule has 1 unspecified atom stereocenters. The molecule has 0 spiro atoms. The zero-order valence-corrected chi connectivity index (χ0v) is 30.4. The van der Waals surface area contributed by atoms with E-state index in [2.05, 4.69) is 47.9 Å². The van der Waals surface area contributed by atoms with E-state index in [1.54, 1.807) is 30.1 Å². The molecule has 2 aromatic carbocycles. The minimum absolute atomic E-state index is 0.00285. The smallest absolute Gasteiger partial charge is 0.320 e. The van der Waals surface area contributed by atoms with Crippen LogP contribution in [0.2, 0.25) is 0 Å². The van der Waals surface area contributed by atoms with Gasteiger partial charge in [-0.2, -0.15) is 4.98 Å². The number of piperidine rings is 2. The molecule has 4 fully saturated rings. The van der Waals surface area contributed by atoms with Gasteiger partial charge < -0.3 is 36.0 Å². The van der Waals surface area contributed by atoms with Crippen molar-refractivity contribution in [1.82, 2.24) is 35.2 Å². The van der Waals surface area contributed by atoms with Crippen molar-refractivity contribution in [2.24, 2.45) is 5.73 Å². The molecule has 5 amide bonds. The molecule has 288 valence electrons. The minimum atomic E-state index is -0.833. The SMILES string of the molecule is CN1CCN([C@@H]2CCCN(c3nnc(C(N)=O)c(Nc4ccc(N5CCN(CC#Cc6ccc(NC7CCC(=O)NC7=O)c(F)c6)CC5)c(F)c4)n3)C2)C1=O. The molecule has 55 heavy (non-hydrogen) atoms. The first kappa shape index (κ1) is 37.2. The molecule has 4 aliphatic rings. The molecule has 4 saturated heterocycles. The number of nitrogens with two attached hydrogens (primary N) is 1. The molecule has 0 bridgehead atoms. The van der Waals surface area contributed by atoms with Crippen LogP contribution in [0.15, 0.2) is 36.4 Å². The van der Waals surface area contributed by atoms with Crippen molar-refractivity contribution >= 4 is 52.6 Å². The second-order valence-corrected chi connectivity index (χ2v) is 14.0. The van der Waals surface area contributed by atoms with Gasteiger partial charge in [0.15, 0.2) is 11.5 Å². The predicted molar refractivity (Wildman–Crippen MR) is 200 cm³/mol. The number of hydrogen-bond donors (Lipinski definition) is 4. The number of anilines is 5. The lowest BCUT2D eigenvalue weighted by Crippen LogP contribution is -2.49. The van der Waals surface area contributed by atoms with E-state index in [1.165, 1.54) is 18.2 Å². The fourth-order valence-electron chi connectivity index (χ4n) is 7.21. The van der Waals surface area contributed by atoms with Crippen LogP contribution in [0, 0.1) is 23.5 Å². The standard InChI is InChI=1S/C37H42F2N12O4/c1-47-14-19-51(37(47)55)25-5-3-13-50(22-25)36-44-34(32(33(40)53)45-46-36)41-24-7-10-30(27(39)21-24)49-17-15-48(16-18-49)12-2-4-23-6-8-28(26(38)20-23)42-29-9-11-31(52)43-35(29)54/h6-8,10,20-21,25,29,42H,3,5,9,11-19,22H2,1H3,(H2,40,53)(H,41,44,46)(H,43,52,54)/t25-,29?/m1/s1. The molecule has 16 nitrogen and oxygen atoms in total. The van der Waals surface area contributed by atoms with Crippen LogP contribution in [0.25, 0.3) is 0 Å². The first-order valence-corrected chi connectivity index (χ1v) is 18.3. The Hall–Kier alpha value is -6.09. The Labute approximate surface area is 316 Å². The third-order valence-corrected chi connectivity index (χ3v) is 10.3. The van der Waals surface area contributed by atoms with Gasteiger partial charge in [-0.15, -0.1) is 10.2 Å².